The molecule has 0 aliphatic heterocycles. The number of hydrogen-bond acceptors (Lipinski definition) is 3. The molecular weight excluding hydrogens is 435 g/mol. The topological polar surface area (TPSA) is 27.7 Å². The van der Waals surface area contributed by atoms with Gasteiger partial charge in [-0.1, -0.05) is 97.2 Å². The lowest BCUT2D eigenvalue weighted by atomic mass is 9.99. The Bertz CT molecular complexity index is 409. The van der Waals surface area contributed by atoms with E-state index >= 15 is 0 Å². The Hall–Kier alpha value is 0.645. The van der Waals surface area contributed by atoms with E-state index in [1.807, 2.05) is 0 Å². The summed E-state index contributed by atoms with van der Waals surface area (Å²) in [7, 11) is 2.96. The van der Waals surface area contributed by atoms with Crippen LogP contribution >= 0.6 is 20.9 Å². The molecular formula is C26H57BO3S2. The Kier molecular flexibility index (Phi) is 21.4. The van der Waals surface area contributed by atoms with Crippen LogP contribution in [-0.2, 0) is 12.5 Å². The molecule has 0 aliphatic rings. The maximum atomic E-state index is 6.63. The van der Waals surface area contributed by atoms with Crippen LogP contribution in [0.25, 0.3) is 0 Å². The van der Waals surface area contributed by atoms with Crippen molar-refractivity contribution in [2.24, 2.45) is 0 Å². The summed E-state index contributed by atoms with van der Waals surface area (Å²) in [6.07, 6.45) is 29.4. The first-order valence-electron chi connectivity index (χ1n) is 13.4. The molecule has 0 spiro atoms. The molecule has 1 unspecified atom stereocenters. The first-order valence-corrected chi connectivity index (χ1v) is 18.3. The van der Waals surface area contributed by atoms with Crippen LogP contribution in [0.15, 0.2) is 0 Å². The van der Waals surface area contributed by atoms with E-state index in [0.717, 1.165) is 45.0 Å². The van der Waals surface area contributed by atoms with Crippen molar-refractivity contribution in [3.8, 4) is 0 Å². The molecule has 0 N–H and O–H groups in total. The fourth-order valence-electron chi connectivity index (χ4n) is 3.87. The lowest BCUT2D eigenvalue weighted by molar-refractivity contribution is -0.0820. The van der Waals surface area contributed by atoms with E-state index < -0.39 is 20.9 Å². The Balaban J connectivity index is 4.45. The predicted molar refractivity (Wildman–Crippen MR) is 151 cm³/mol. The van der Waals surface area contributed by atoms with Gasteiger partial charge in [0.15, 0.2) is 6.29 Å². The normalized spacial score (nSPS) is 14.6. The van der Waals surface area contributed by atoms with E-state index in [0.29, 0.717) is 0 Å². The van der Waals surface area contributed by atoms with Gasteiger partial charge in [-0.3, -0.25) is 4.18 Å². The first-order chi connectivity index (χ1) is 15.3. The lowest BCUT2D eigenvalue weighted by Gasteiger charge is -2.46. The van der Waals surface area contributed by atoms with Crippen LogP contribution in [0.3, 0.4) is 0 Å². The highest BCUT2D eigenvalue weighted by Crippen LogP contribution is 2.59. The second kappa shape index (κ2) is 21.0. The molecule has 0 bridgehead atoms. The third-order valence-electron chi connectivity index (χ3n) is 5.62. The van der Waals surface area contributed by atoms with Crippen LogP contribution in [0.2, 0.25) is 6.32 Å². The zero-order valence-corrected chi connectivity index (χ0v) is 24.3. The second-order valence-corrected chi connectivity index (χ2v) is 16.2. The smallest absolute Gasteiger partial charge is 0.180 e. The highest BCUT2D eigenvalue weighted by Gasteiger charge is 2.24. The first kappa shape index (κ1) is 32.6. The molecule has 2 radical (unpaired) electrons. The number of unbranched alkanes of at least 4 members (excludes halogenated alkanes) is 12. The van der Waals surface area contributed by atoms with Crippen molar-refractivity contribution < 1.29 is 12.5 Å². The van der Waals surface area contributed by atoms with Crippen molar-refractivity contribution in [1.29, 1.82) is 0 Å². The van der Waals surface area contributed by atoms with Gasteiger partial charge < -0.3 is 4.74 Å². The van der Waals surface area contributed by atoms with Crippen LogP contribution in [0.4, 0.5) is 0 Å². The zero-order valence-electron chi connectivity index (χ0n) is 22.6. The summed E-state index contributed by atoms with van der Waals surface area (Å²) in [5.74, 6) is 1.17. The summed E-state index contributed by atoms with van der Waals surface area (Å²) in [4.78, 5) is 0. The van der Waals surface area contributed by atoms with E-state index in [1.165, 1.54) is 76.4 Å². The van der Waals surface area contributed by atoms with Crippen molar-refractivity contribution in [2.45, 2.75) is 129 Å². The summed E-state index contributed by atoms with van der Waals surface area (Å²) >= 11 is 0. The van der Waals surface area contributed by atoms with Crippen molar-refractivity contribution in [2.75, 3.05) is 37.4 Å². The molecule has 6 heteroatoms. The maximum Gasteiger partial charge on any atom is 0.180 e. The quantitative estimate of drug-likeness (QED) is 0.0764. The third kappa shape index (κ3) is 21.2. The van der Waals surface area contributed by atoms with E-state index in [1.54, 1.807) is 0 Å². The molecule has 0 rings (SSSR count). The summed E-state index contributed by atoms with van der Waals surface area (Å²) in [5, 5.41) is 0. The molecule has 0 fully saturated rings. The fraction of sp³-hybridized carbons (Fsp3) is 1.00. The summed E-state index contributed by atoms with van der Waals surface area (Å²) < 4.78 is 19.3. The molecule has 32 heavy (non-hydrogen) atoms. The fourth-order valence-corrected chi connectivity index (χ4v) is 9.39. The second-order valence-electron chi connectivity index (χ2n) is 9.92. The minimum Gasteiger partial charge on any atom is -0.351 e. The molecule has 3 nitrogen and oxygen atoms in total. The van der Waals surface area contributed by atoms with Gasteiger partial charge in [-0.2, -0.15) is 10.6 Å². The van der Waals surface area contributed by atoms with Crippen molar-refractivity contribution in [3.63, 3.8) is 0 Å². The van der Waals surface area contributed by atoms with Gasteiger partial charge in [0.1, 0.15) is 0 Å². The Morgan fingerprint density at radius 2 is 1.19 bits per heavy atom. The number of hydrogen-bond donors (Lipinski definition) is 0. The van der Waals surface area contributed by atoms with Gasteiger partial charge in [-0.15, -0.1) is 10.3 Å². The molecule has 0 saturated heterocycles. The van der Waals surface area contributed by atoms with Crippen LogP contribution in [-0.4, -0.2) is 51.5 Å². The molecule has 0 aliphatic carbocycles. The molecule has 0 aromatic heterocycles. The highest BCUT2D eigenvalue weighted by molar-refractivity contribution is 8.39. The van der Waals surface area contributed by atoms with Gasteiger partial charge in [0.25, 0.3) is 0 Å². The largest absolute Gasteiger partial charge is 0.351 e. The van der Waals surface area contributed by atoms with Gasteiger partial charge in [0.05, 0.1) is 7.85 Å². The average molecular weight is 493 g/mol. The van der Waals surface area contributed by atoms with Gasteiger partial charge >= 0.3 is 0 Å². The SMILES string of the molecule is [B]CCCCCC(OCCCCCCCC)OS(C)(C)OS(C)(C)CCCCCCCC. The van der Waals surface area contributed by atoms with E-state index in [-0.39, 0.29) is 6.29 Å². The van der Waals surface area contributed by atoms with Crippen molar-refractivity contribution >= 4 is 28.7 Å². The summed E-state index contributed by atoms with van der Waals surface area (Å²) in [5.41, 5.74) is 0. The molecule has 0 saturated carbocycles. The Morgan fingerprint density at radius 3 is 1.78 bits per heavy atom. The predicted octanol–water partition coefficient (Wildman–Crippen LogP) is 9.10. The van der Waals surface area contributed by atoms with Crippen molar-refractivity contribution in [3.05, 3.63) is 0 Å². The van der Waals surface area contributed by atoms with E-state index in [2.05, 4.69) is 38.9 Å². The molecule has 1 atom stereocenters. The number of ether oxygens (including phenoxy) is 1. The minimum atomic E-state index is -1.60. The average Bonchev–Trinajstić information content (AvgIpc) is 2.71. The van der Waals surface area contributed by atoms with Crippen molar-refractivity contribution in [1.82, 2.24) is 0 Å². The highest BCUT2D eigenvalue weighted by atomic mass is 32.3. The molecule has 0 aromatic rings. The van der Waals surface area contributed by atoms with E-state index in [4.69, 9.17) is 20.4 Å². The summed E-state index contributed by atoms with van der Waals surface area (Å²) in [6.45, 7) is 5.32. The monoisotopic (exact) mass is 492 g/mol. The lowest BCUT2D eigenvalue weighted by Crippen LogP contribution is -2.22. The molecule has 0 heterocycles. The van der Waals surface area contributed by atoms with Crippen LogP contribution < -0.4 is 0 Å². The standard InChI is InChI=1S/C26H57BO3S2/c1-7-9-11-13-15-20-24-28-26(22-18-17-19-23-27)29-32(5,6)30-31(3,4)25-21-16-14-12-10-8-2/h26H,7-25H2,1-6H3. The Morgan fingerprint density at radius 1 is 0.656 bits per heavy atom. The molecule has 0 amide bonds. The molecule has 194 valence electrons. The minimum absolute atomic E-state index is 0.155. The van der Waals surface area contributed by atoms with Gasteiger partial charge in [0, 0.05) is 31.3 Å². The molecule has 0 aromatic carbocycles. The number of rotatable bonds is 24. The van der Waals surface area contributed by atoms with Crippen LogP contribution in [0, 0.1) is 0 Å². The Labute approximate surface area is 207 Å². The zero-order chi connectivity index (χ0) is 24.1. The van der Waals surface area contributed by atoms with Gasteiger partial charge in [0.2, 0.25) is 0 Å². The van der Waals surface area contributed by atoms with E-state index in [9.17, 15) is 0 Å². The van der Waals surface area contributed by atoms with Gasteiger partial charge in [-0.05, 0) is 31.8 Å². The van der Waals surface area contributed by atoms with Gasteiger partial charge in [-0.25, -0.2) is 3.63 Å². The summed E-state index contributed by atoms with van der Waals surface area (Å²) in [6, 6.07) is 0. The maximum absolute atomic E-state index is 6.63. The third-order valence-corrected chi connectivity index (χ3v) is 10.4. The van der Waals surface area contributed by atoms with Crippen LogP contribution in [0.1, 0.15) is 117 Å². The van der Waals surface area contributed by atoms with Crippen LogP contribution in [0.5, 0.6) is 0 Å².